The summed E-state index contributed by atoms with van der Waals surface area (Å²) in [5.74, 6) is -0.0583. The first-order chi connectivity index (χ1) is 16.4. The molecule has 0 radical (unpaired) electrons. The zero-order valence-corrected chi connectivity index (χ0v) is 18.1. The molecule has 5 aromatic rings. The number of amides is 1. The van der Waals surface area contributed by atoms with Gasteiger partial charge >= 0.3 is 0 Å². The van der Waals surface area contributed by atoms with Gasteiger partial charge in [0.25, 0.3) is 16.8 Å². The maximum atomic E-state index is 12.6. The Bertz CT molecular complexity index is 1630. The molecule has 0 unspecified atom stereocenters. The highest BCUT2D eigenvalue weighted by Crippen LogP contribution is 2.29. The van der Waals surface area contributed by atoms with Crippen molar-refractivity contribution in [3.63, 3.8) is 0 Å². The van der Waals surface area contributed by atoms with E-state index in [4.69, 9.17) is 11.6 Å². The highest BCUT2D eigenvalue weighted by Gasteiger charge is 2.22. The molecule has 10 heteroatoms. The van der Waals surface area contributed by atoms with Crippen LogP contribution in [-0.2, 0) is 0 Å². The summed E-state index contributed by atoms with van der Waals surface area (Å²) in [6.07, 6.45) is 0. The van der Waals surface area contributed by atoms with Crippen LogP contribution in [0.5, 0.6) is 5.75 Å². The minimum absolute atomic E-state index is 0.0240. The van der Waals surface area contributed by atoms with Crippen molar-refractivity contribution >= 4 is 57.0 Å². The number of phenols is 1. The van der Waals surface area contributed by atoms with Gasteiger partial charge < -0.3 is 21.1 Å². The van der Waals surface area contributed by atoms with Crippen molar-refractivity contribution in [1.82, 2.24) is 10.2 Å². The van der Waals surface area contributed by atoms with Crippen molar-refractivity contribution in [2.24, 2.45) is 0 Å². The summed E-state index contributed by atoms with van der Waals surface area (Å²) in [5.41, 5.74) is 0.885. The van der Waals surface area contributed by atoms with Crippen LogP contribution in [0.2, 0.25) is 5.02 Å². The molecule has 5 N–H and O–H groups in total. The quantitative estimate of drug-likeness (QED) is 0.232. The number of carbonyl (C=O) groups is 1. The van der Waals surface area contributed by atoms with Crippen molar-refractivity contribution in [2.45, 2.75) is 0 Å². The van der Waals surface area contributed by atoms with E-state index in [0.717, 1.165) is 0 Å². The number of hydrogen-bond donors (Lipinski definition) is 5. The maximum Gasteiger partial charge on any atom is 0.256 e. The molecule has 0 spiro atoms. The molecule has 34 heavy (non-hydrogen) atoms. The fourth-order valence-corrected chi connectivity index (χ4v) is 3.69. The van der Waals surface area contributed by atoms with E-state index in [1.165, 1.54) is 12.1 Å². The van der Waals surface area contributed by atoms with Crippen LogP contribution < -0.4 is 26.8 Å². The third kappa shape index (κ3) is 3.96. The number of hydrogen-bond acceptors (Lipinski definition) is 7. The van der Waals surface area contributed by atoms with E-state index in [1.807, 2.05) is 0 Å². The van der Waals surface area contributed by atoms with Crippen molar-refractivity contribution in [3.8, 4) is 5.75 Å². The van der Waals surface area contributed by atoms with E-state index in [-0.39, 0.29) is 23.0 Å². The molecule has 5 rings (SSSR count). The van der Waals surface area contributed by atoms with Crippen LogP contribution in [0.1, 0.15) is 10.4 Å². The largest absolute Gasteiger partial charge is 0.508 e. The molecule has 0 saturated heterocycles. The Kier molecular flexibility index (Phi) is 5.23. The number of aromatic nitrogens is 2. The van der Waals surface area contributed by atoms with Crippen molar-refractivity contribution in [2.75, 3.05) is 16.0 Å². The monoisotopic (exact) mass is 473 g/mol. The number of nitrogens with zero attached hydrogens (tertiary/aromatic N) is 1. The van der Waals surface area contributed by atoms with Crippen molar-refractivity contribution < 1.29 is 9.90 Å². The standard InChI is InChI=1S/C24H16ClN5O4/c25-13-4-1-3-12(9-13)24(34)28-23-17-11-15(7-8-18(17)29-30-23)27-20-19(21(32)22(20)33)26-14-5-2-6-16(31)10-14/h1-11,26-27,31H,(H2,28,29,30,34). The van der Waals surface area contributed by atoms with Crippen LogP contribution in [0.25, 0.3) is 10.9 Å². The molecule has 0 saturated carbocycles. The lowest BCUT2D eigenvalue weighted by molar-refractivity contribution is 0.102. The average molecular weight is 474 g/mol. The summed E-state index contributed by atoms with van der Waals surface area (Å²) >= 11 is 5.96. The number of benzene rings is 3. The SMILES string of the molecule is O=C(Nc1n[nH]c2ccc(Nc3c(Nc4cccc(O)c4)c(=O)c3=O)cc12)c1cccc(Cl)c1. The van der Waals surface area contributed by atoms with Gasteiger partial charge in [0.1, 0.15) is 17.1 Å². The molecule has 0 aliphatic heterocycles. The zero-order chi connectivity index (χ0) is 23.8. The molecule has 4 aromatic carbocycles. The van der Waals surface area contributed by atoms with Gasteiger partial charge in [-0.25, -0.2) is 0 Å². The highest BCUT2D eigenvalue weighted by molar-refractivity contribution is 6.31. The summed E-state index contributed by atoms with van der Waals surface area (Å²) in [6, 6.07) is 17.9. The third-order valence-corrected chi connectivity index (χ3v) is 5.41. The van der Waals surface area contributed by atoms with Gasteiger partial charge in [0.2, 0.25) is 0 Å². The van der Waals surface area contributed by atoms with E-state index in [9.17, 15) is 19.5 Å². The molecule has 0 aliphatic rings. The van der Waals surface area contributed by atoms with Gasteiger partial charge in [-0.2, -0.15) is 5.10 Å². The lowest BCUT2D eigenvalue weighted by atomic mass is 10.1. The Hall–Kier alpha value is -4.63. The van der Waals surface area contributed by atoms with Crippen LogP contribution in [0.3, 0.4) is 0 Å². The normalized spacial score (nSPS) is 11.0. The van der Waals surface area contributed by atoms with Gasteiger partial charge in [-0.15, -0.1) is 0 Å². The minimum atomic E-state index is -0.663. The van der Waals surface area contributed by atoms with Gasteiger partial charge in [-0.1, -0.05) is 23.7 Å². The molecule has 0 fully saturated rings. The molecule has 0 bridgehead atoms. The molecule has 0 aliphatic carbocycles. The van der Waals surface area contributed by atoms with Gasteiger partial charge in [0.05, 0.1) is 5.52 Å². The van der Waals surface area contributed by atoms with Gasteiger partial charge in [-0.05, 0) is 48.5 Å². The van der Waals surface area contributed by atoms with E-state index in [0.29, 0.717) is 38.7 Å². The Morgan fingerprint density at radius 2 is 1.59 bits per heavy atom. The first-order valence-corrected chi connectivity index (χ1v) is 10.5. The lowest BCUT2D eigenvalue weighted by Crippen LogP contribution is -2.35. The summed E-state index contributed by atoms with van der Waals surface area (Å²) < 4.78 is 0. The summed E-state index contributed by atoms with van der Waals surface area (Å²) in [5, 5.41) is 26.2. The van der Waals surface area contributed by atoms with Crippen LogP contribution in [0, 0.1) is 0 Å². The fourth-order valence-electron chi connectivity index (χ4n) is 3.50. The second-order valence-electron chi connectivity index (χ2n) is 7.51. The zero-order valence-electron chi connectivity index (χ0n) is 17.3. The van der Waals surface area contributed by atoms with Crippen molar-refractivity contribution in [1.29, 1.82) is 0 Å². The number of anilines is 5. The summed E-state index contributed by atoms with van der Waals surface area (Å²) in [4.78, 5) is 36.9. The first-order valence-electron chi connectivity index (χ1n) is 10.1. The Morgan fingerprint density at radius 3 is 2.29 bits per heavy atom. The maximum absolute atomic E-state index is 12.6. The van der Waals surface area contributed by atoms with E-state index < -0.39 is 10.9 Å². The number of aromatic hydroxyl groups is 1. The molecule has 168 valence electrons. The number of H-pyrrole nitrogens is 1. The predicted molar refractivity (Wildman–Crippen MR) is 132 cm³/mol. The predicted octanol–water partition coefficient (Wildman–Crippen LogP) is 4.26. The number of aromatic amines is 1. The van der Waals surface area contributed by atoms with Gasteiger partial charge in [0.15, 0.2) is 5.82 Å². The molecule has 0 atom stereocenters. The van der Waals surface area contributed by atoms with E-state index >= 15 is 0 Å². The second-order valence-corrected chi connectivity index (χ2v) is 7.94. The summed E-state index contributed by atoms with van der Waals surface area (Å²) in [6.45, 7) is 0. The van der Waals surface area contributed by atoms with Crippen molar-refractivity contribution in [3.05, 3.63) is 97.8 Å². The van der Waals surface area contributed by atoms with Crippen LogP contribution in [0.15, 0.2) is 76.3 Å². The van der Waals surface area contributed by atoms with Crippen LogP contribution in [0.4, 0.5) is 28.6 Å². The number of fused-ring (bicyclic) bond motifs is 1. The number of carbonyl (C=O) groups excluding carboxylic acids is 1. The Morgan fingerprint density at radius 1 is 0.882 bits per heavy atom. The molecule has 9 nitrogen and oxygen atoms in total. The smallest absolute Gasteiger partial charge is 0.256 e. The second kappa shape index (κ2) is 8.38. The number of rotatable bonds is 6. The molecular formula is C24H16ClN5O4. The van der Waals surface area contributed by atoms with E-state index in [1.54, 1.807) is 54.6 Å². The van der Waals surface area contributed by atoms with Gasteiger partial charge in [0, 0.05) is 33.4 Å². The molecular weight excluding hydrogens is 458 g/mol. The average Bonchev–Trinajstić information content (AvgIpc) is 3.23. The highest BCUT2D eigenvalue weighted by atomic mass is 35.5. The third-order valence-electron chi connectivity index (χ3n) is 5.18. The number of halogens is 1. The van der Waals surface area contributed by atoms with Crippen LogP contribution in [-0.4, -0.2) is 21.2 Å². The summed E-state index contributed by atoms with van der Waals surface area (Å²) in [7, 11) is 0. The minimum Gasteiger partial charge on any atom is -0.508 e. The Labute approximate surface area is 196 Å². The molecule has 1 heterocycles. The Balaban J connectivity index is 1.41. The molecule has 1 aromatic heterocycles. The number of nitrogens with one attached hydrogen (secondary N) is 4. The van der Waals surface area contributed by atoms with Gasteiger partial charge in [-0.3, -0.25) is 19.5 Å². The fraction of sp³-hybridized carbons (Fsp3) is 0. The van der Waals surface area contributed by atoms with E-state index in [2.05, 4.69) is 26.1 Å². The van der Waals surface area contributed by atoms with Crippen LogP contribution >= 0.6 is 11.6 Å². The molecule has 1 amide bonds. The first kappa shape index (κ1) is 21.2. The lowest BCUT2D eigenvalue weighted by Gasteiger charge is -2.15. The number of phenolic OH excluding ortho intramolecular Hbond substituents is 1. The topological polar surface area (TPSA) is 136 Å².